The van der Waals surface area contributed by atoms with Crippen molar-refractivity contribution in [2.45, 2.75) is 24.9 Å². The van der Waals surface area contributed by atoms with E-state index >= 15 is 0 Å². The van der Waals surface area contributed by atoms with Gasteiger partial charge in [-0.2, -0.15) is 13.2 Å². The van der Waals surface area contributed by atoms with E-state index in [1.165, 1.54) is 19.1 Å². The number of carbonyl (C=O) groups is 1. The van der Waals surface area contributed by atoms with Gasteiger partial charge in [0.25, 0.3) is 11.4 Å². The molecule has 0 amide bonds. The molecule has 26 heavy (non-hydrogen) atoms. The fourth-order valence-corrected chi connectivity index (χ4v) is 2.93. The normalized spacial score (nSPS) is 25.8. The number of hydrogen-bond acceptors (Lipinski definition) is 6. The predicted octanol–water partition coefficient (Wildman–Crippen LogP) is 1.54. The Bertz CT molecular complexity index is 745. The third kappa shape index (κ3) is 3.55. The minimum Gasteiger partial charge on any atom is -0.466 e. The van der Waals surface area contributed by atoms with Gasteiger partial charge in [0.05, 0.1) is 17.6 Å². The molecule has 1 heterocycles. The summed E-state index contributed by atoms with van der Waals surface area (Å²) in [6, 6.07) is 3.15. The van der Waals surface area contributed by atoms with Crippen molar-refractivity contribution in [1.82, 2.24) is 10.6 Å². The van der Waals surface area contributed by atoms with Crippen molar-refractivity contribution >= 4 is 29.0 Å². The first-order chi connectivity index (χ1) is 12.0. The van der Waals surface area contributed by atoms with Gasteiger partial charge in [-0.3, -0.25) is 14.9 Å². The first-order valence-corrected chi connectivity index (χ1v) is 7.71. The van der Waals surface area contributed by atoms with Crippen LogP contribution in [-0.4, -0.2) is 39.6 Å². The average Bonchev–Trinajstić information content (AvgIpc) is 2.53. The van der Waals surface area contributed by atoms with Gasteiger partial charge >= 0.3 is 12.1 Å². The average molecular weight is 393 g/mol. The first kappa shape index (κ1) is 19.8. The number of aliphatic hydroxyl groups is 1. The Morgan fingerprint density at radius 1 is 1.50 bits per heavy atom. The highest BCUT2D eigenvalue weighted by molar-refractivity contribution is 7.80. The van der Waals surface area contributed by atoms with Gasteiger partial charge in [0.2, 0.25) is 0 Å². The lowest BCUT2D eigenvalue weighted by molar-refractivity contribution is -0.385. The number of halogens is 3. The number of nitrogens with one attached hydrogen (secondary N) is 2. The smallest absolute Gasteiger partial charge is 0.437 e. The lowest BCUT2D eigenvalue weighted by Crippen LogP contribution is -2.73. The highest BCUT2D eigenvalue weighted by Crippen LogP contribution is 2.43. The van der Waals surface area contributed by atoms with Gasteiger partial charge in [0.15, 0.2) is 5.11 Å². The zero-order chi connectivity index (χ0) is 19.7. The summed E-state index contributed by atoms with van der Waals surface area (Å²) < 4.78 is 45.3. The molecule has 0 radical (unpaired) electrons. The van der Waals surface area contributed by atoms with Crippen molar-refractivity contribution in [3.05, 3.63) is 39.9 Å². The number of non-ortho nitro benzene ring substituents is 1. The molecule has 1 aliphatic heterocycles. The van der Waals surface area contributed by atoms with Crippen LogP contribution in [0.1, 0.15) is 18.5 Å². The van der Waals surface area contributed by atoms with Gasteiger partial charge in [-0.15, -0.1) is 0 Å². The van der Waals surface area contributed by atoms with E-state index < -0.39 is 45.6 Å². The van der Waals surface area contributed by atoms with Crippen molar-refractivity contribution in [2.24, 2.45) is 5.92 Å². The van der Waals surface area contributed by atoms with E-state index in [0.29, 0.717) is 0 Å². The summed E-state index contributed by atoms with van der Waals surface area (Å²) in [5.74, 6) is -3.54. The number of alkyl halides is 3. The van der Waals surface area contributed by atoms with Crippen LogP contribution in [0.15, 0.2) is 24.3 Å². The Balaban J connectivity index is 2.60. The summed E-state index contributed by atoms with van der Waals surface area (Å²) >= 11 is 4.72. The maximum Gasteiger partial charge on any atom is 0.437 e. The zero-order valence-corrected chi connectivity index (χ0v) is 14.1. The minimum absolute atomic E-state index is 0.0382. The molecule has 1 aromatic carbocycles. The Morgan fingerprint density at radius 3 is 2.69 bits per heavy atom. The molecule has 8 nitrogen and oxygen atoms in total. The number of rotatable bonds is 4. The number of nitro groups is 1. The number of nitrogens with zero attached hydrogens (tertiary/aromatic N) is 1. The van der Waals surface area contributed by atoms with Crippen LogP contribution in [0.5, 0.6) is 0 Å². The lowest BCUT2D eigenvalue weighted by Gasteiger charge is -2.45. The molecule has 142 valence electrons. The molecule has 1 aromatic rings. The Kier molecular flexibility index (Phi) is 5.37. The Hall–Kier alpha value is -2.47. The maximum absolute atomic E-state index is 13.5. The number of carbonyl (C=O) groups excluding carboxylic acids is 1. The number of esters is 1. The Morgan fingerprint density at radius 2 is 2.15 bits per heavy atom. The minimum atomic E-state index is -5.28. The topological polar surface area (TPSA) is 114 Å². The number of thiocarbonyl (C=S) groups is 1. The molecule has 3 N–H and O–H groups in total. The second-order valence-corrected chi connectivity index (χ2v) is 5.83. The molecule has 0 aliphatic carbocycles. The van der Waals surface area contributed by atoms with E-state index in [1.807, 2.05) is 0 Å². The zero-order valence-electron chi connectivity index (χ0n) is 13.2. The molecular formula is C14H14F3N3O5S. The third-order valence-electron chi connectivity index (χ3n) is 3.79. The fraction of sp³-hybridized carbons (Fsp3) is 0.429. The van der Waals surface area contributed by atoms with E-state index in [9.17, 15) is 33.2 Å². The molecule has 12 heteroatoms. The molecule has 0 aromatic heterocycles. The summed E-state index contributed by atoms with van der Waals surface area (Å²) in [6.07, 6.45) is -5.28. The van der Waals surface area contributed by atoms with E-state index in [2.05, 4.69) is 10.1 Å². The largest absolute Gasteiger partial charge is 0.466 e. The molecule has 2 rings (SSSR count). The molecule has 1 aliphatic rings. The van der Waals surface area contributed by atoms with Crippen molar-refractivity contribution in [3.63, 3.8) is 0 Å². The van der Waals surface area contributed by atoms with Crippen LogP contribution in [0.25, 0.3) is 0 Å². The van der Waals surface area contributed by atoms with Gasteiger partial charge in [-0.25, -0.2) is 0 Å². The molecule has 3 atom stereocenters. The summed E-state index contributed by atoms with van der Waals surface area (Å²) in [7, 11) is 0. The number of nitro benzene ring substituents is 1. The lowest BCUT2D eigenvalue weighted by atomic mass is 9.82. The van der Waals surface area contributed by atoms with Gasteiger partial charge in [-0.05, 0) is 24.7 Å². The maximum atomic E-state index is 13.5. The molecule has 0 spiro atoms. The summed E-state index contributed by atoms with van der Waals surface area (Å²) in [5.41, 5.74) is -4.15. The van der Waals surface area contributed by atoms with Crippen molar-refractivity contribution in [3.8, 4) is 0 Å². The third-order valence-corrected chi connectivity index (χ3v) is 4.01. The van der Waals surface area contributed by atoms with Crippen molar-refractivity contribution < 1.29 is 32.7 Å². The van der Waals surface area contributed by atoms with Crippen LogP contribution < -0.4 is 10.6 Å². The first-order valence-electron chi connectivity index (χ1n) is 7.30. The van der Waals surface area contributed by atoms with Crippen LogP contribution in [0, 0.1) is 16.0 Å². The molecule has 1 fully saturated rings. The van der Waals surface area contributed by atoms with Gasteiger partial charge in [-0.1, -0.05) is 12.1 Å². The number of ether oxygens (including phenoxy) is 1. The summed E-state index contributed by atoms with van der Waals surface area (Å²) in [4.78, 5) is 22.4. The van der Waals surface area contributed by atoms with Gasteiger partial charge < -0.3 is 20.5 Å². The standard InChI is InChI=1S/C14H14F3N3O5S/c1-2-25-11(21)9-10(7-4-3-5-8(6-7)20(23)24)18-12(26)19-13(9,22)14(15,16)17/h3-6,9-10,22H,2H2,1H3,(H2,18,19,26)/t9-,10+,13-/m1/s1. The van der Waals surface area contributed by atoms with Crippen LogP contribution in [-0.2, 0) is 9.53 Å². The molecule has 0 saturated carbocycles. The summed E-state index contributed by atoms with van der Waals surface area (Å²) in [5, 5.41) is 24.7. The van der Waals surface area contributed by atoms with Crippen LogP contribution >= 0.6 is 12.2 Å². The Labute approximate surface area is 150 Å². The van der Waals surface area contributed by atoms with E-state index in [4.69, 9.17) is 12.2 Å². The highest BCUT2D eigenvalue weighted by atomic mass is 32.1. The van der Waals surface area contributed by atoms with Gasteiger partial charge in [0.1, 0.15) is 5.92 Å². The second-order valence-electron chi connectivity index (χ2n) is 5.42. The summed E-state index contributed by atoms with van der Waals surface area (Å²) in [6.45, 7) is 1.16. The van der Waals surface area contributed by atoms with Crippen molar-refractivity contribution in [1.29, 1.82) is 0 Å². The van der Waals surface area contributed by atoms with Gasteiger partial charge in [0, 0.05) is 12.1 Å². The monoisotopic (exact) mass is 393 g/mol. The fourth-order valence-electron chi connectivity index (χ4n) is 2.65. The second kappa shape index (κ2) is 7.03. The number of hydrogen-bond donors (Lipinski definition) is 3. The SMILES string of the molecule is CCOC(=O)[C@H]1[C@H](c2cccc([N+](=O)[O-])c2)NC(=S)N[C@]1(O)C(F)(F)F. The van der Waals surface area contributed by atoms with Crippen molar-refractivity contribution in [2.75, 3.05) is 6.61 Å². The molecular weight excluding hydrogens is 379 g/mol. The molecule has 0 unspecified atom stereocenters. The highest BCUT2D eigenvalue weighted by Gasteiger charge is 2.66. The van der Waals surface area contributed by atoms with Crippen LogP contribution in [0.2, 0.25) is 0 Å². The predicted molar refractivity (Wildman–Crippen MR) is 85.8 cm³/mol. The van der Waals surface area contributed by atoms with E-state index in [0.717, 1.165) is 12.1 Å². The molecule has 0 bridgehead atoms. The van der Waals surface area contributed by atoms with Crippen LogP contribution in [0.4, 0.5) is 18.9 Å². The van der Waals surface area contributed by atoms with E-state index in [-0.39, 0.29) is 12.2 Å². The quantitative estimate of drug-likeness (QED) is 0.306. The van der Waals surface area contributed by atoms with Crippen LogP contribution in [0.3, 0.4) is 0 Å². The van der Waals surface area contributed by atoms with E-state index in [1.54, 1.807) is 5.32 Å². The number of benzene rings is 1. The molecule has 1 saturated heterocycles.